The topological polar surface area (TPSA) is 0 Å². The molecular weight excluding hydrogens is 147 g/mol. The van der Waals surface area contributed by atoms with E-state index in [1.165, 1.54) is 4.35 Å². The Balaban J connectivity index is 3.02. The van der Waals surface area contributed by atoms with Gasteiger partial charge in [-0.2, -0.15) is 0 Å². The van der Waals surface area contributed by atoms with Crippen LogP contribution in [0.4, 0.5) is 0 Å². The standard InChI is InChI=1S/C6H5As/c7-6-4-2-1-3-5-6/h1-5H/q+1. The van der Waals surface area contributed by atoms with Crippen molar-refractivity contribution in [3.8, 4) is 0 Å². The van der Waals surface area contributed by atoms with Crippen LogP contribution in [-0.4, -0.2) is 16.9 Å². The summed E-state index contributed by atoms with van der Waals surface area (Å²) in [7, 11) is 0. The molecule has 0 aliphatic rings. The van der Waals surface area contributed by atoms with Crippen LogP contribution in [0.15, 0.2) is 30.3 Å². The Bertz CT molecular complexity index is 134. The van der Waals surface area contributed by atoms with E-state index < -0.39 is 0 Å². The van der Waals surface area contributed by atoms with Crippen molar-refractivity contribution in [1.82, 2.24) is 0 Å². The number of rotatable bonds is 0. The van der Waals surface area contributed by atoms with Crippen molar-refractivity contribution in [2.24, 2.45) is 0 Å². The average Bonchev–Trinajstić information content (AvgIpc) is 1.69. The zero-order chi connectivity index (χ0) is 5.11. The van der Waals surface area contributed by atoms with Gasteiger partial charge in [-0.1, -0.05) is 0 Å². The molecule has 7 heavy (non-hydrogen) atoms. The average molecular weight is 152 g/mol. The molecule has 0 nitrogen and oxygen atoms in total. The predicted octanol–water partition coefficient (Wildman–Crippen LogP) is 0.480. The van der Waals surface area contributed by atoms with E-state index in [-0.39, 0.29) is 0 Å². The van der Waals surface area contributed by atoms with Crippen LogP contribution in [0.1, 0.15) is 0 Å². The van der Waals surface area contributed by atoms with Crippen molar-refractivity contribution in [2.45, 2.75) is 0 Å². The fourth-order valence-corrected chi connectivity index (χ4v) is 0.789. The van der Waals surface area contributed by atoms with Crippen molar-refractivity contribution in [3.05, 3.63) is 30.3 Å². The van der Waals surface area contributed by atoms with Crippen LogP contribution in [0.25, 0.3) is 0 Å². The summed E-state index contributed by atoms with van der Waals surface area (Å²) in [5.41, 5.74) is 0. The van der Waals surface area contributed by atoms with E-state index >= 15 is 0 Å². The fourth-order valence-electron chi connectivity index (χ4n) is 0.428. The van der Waals surface area contributed by atoms with Gasteiger partial charge in [0.2, 0.25) is 0 Å². The first-order valence-electron chi connectivity index (χ1n) is 2.13. The molecule has 0 unspecified atom stereocenters. The molecule has 3 radical (unpaired) electrons. The molecule has 1 rings (SSSR count). The fraction of sp³-hybridized carbons (Fsp3) is 0. The second-order valence-electron chi connectivity index (χ2n) is 1.34. The Labute approximate surface area is 52.1 Å². The molecule has 0 spiro atoms. The van der Waals surface area contributed by atoms with Crippen LogP contribution in [0.2, 0.25) is 0 Å². The zero-order valence-corrected chi connectivity index (χ0v) is 5.71. The normalized spacial score (nSPS) is 8.71. The van der Waals surface area contributed by atoms with Gasteiger partial charge in [0.25, 0.3) is 0 Å². The Morgan fingerprint density at radius 2 is 1.57 bits per heavy atom. The van der Waals surface area contributed by atoms with E-state index in [0.29, 0.717) is 0 Å². The Hall–Kier alpha value is -0.222. The minimum atomic E-state index is 1.26. The summed E-state index contributed by atoms with van der Waals surface area (Å²) in [6.45, 7) is 0. The van der Waals surface area contributed by atoms with Crippen molar-refractivity contribution in [1.29, 1.82) is 0 Å². The Morgan fingerprint density at radius 1 is 1.00 bits per heavy atom. The minimum absolute atomic E-state index is 1.26. The van der Waals surface area contributed by atoms with Gasteiger partial charge in [-0.25, -0.2) is 0 Å². The van der Waals surface area contributed by atoms with Crippen LogP contribution < -0.4 is 4.35 Å². The molecule has 0 heterocycles. The summed E-state index contributed by atoms with van der Waals surface area (Å²) in [6.07, 6.45) is 0. The van der Waals surface area contributed by atoms with Crippen molar-refractivity contribution in [3.63, 3.8) is 0 Å². The van der Waals surface area contributed by atoms with Crippen LogP contribution in [0.5, 0.6) is 0 Å². The Kier molecular flexibility index (Phi) is 1.53. The van der Waals surface area contributed by atoms with E-state index in [2.05, 4.69) is 29.0 Å². The van der Waals surface area contributed by atoms with Gasteiger partial charge >= 0.3 is 51.5 Å². The van der Waals surface area contributed by atoms with Gasteiger partial charge in [0.05, 0.1) is 0 Å². The SMILES string of the molecule is [As+]c1ccccc1. The van der Waals surface area contributed by atoms with Gasteiger partial charge in [0, 0.05) is 0 Å². The van der Waals surface area contributed by atoms with Gasteiger partial charge in [-0.05, 0) is 0 Å². The molecule has 1 aromatic rings. The molecule has 0 saturated carbocycles. The maximum absolute atomic E-state index is 2.49. The van der Waals surface area contributed by atoms with E-state index in [9.17, 15) is 0 Å². The molecule has 1 aromatic carbocycles. The summed E-state index contributed by atoms with van der Waals surface area (Å²) in [5.74, 6) is 0. The number of hydrogen-bond acceptors (Lipinski definition) is 0. The van der Waals surface area contributed by atoms with Gasteiger partial charge in [0.15, 0.2) is 0 Å². The molecule has 1 heteroatoms. The molecule has 0 fully saturated rings. The molecule has 0 aromatic heterocycles. The third-order valence-corrected chi connectivity index (χ3v) is 1.38. The first-order chi connectivity index (χ1) is 3.39. The van der Waals surface area contributed by atoms with Gasteiger partial charge in [-0.3, -0.25) is 0 Å². The first kappa shape index (κ1) is 4.93. The molecule has 0 aliphatic heterocycles. The molecule has 0 aliphatic carbocycles. The quantitative estimate of drug-likeness (QED) is 0.474. The van der Waals surface area contributed by atoms with Crippen molar-refractivity contribution in [2.75, 3.05) is 0 Å². The Morgan fingerprint density at radius 3 is 1.86 bits per heavy atom. The van der Waals surface area contributed by atoms with E-state index in [0.717, 1.165) is 0 Å². The molecule has 33 valence electrons. The van der Waals surface area contributed by atoms with Crippen LogP contribution in [0, 0.1) is 0 Å². The molecule has 0 bridgehead atoms. The van der Waals surface area contributed by atoms with Crippen LogP contribution >= 0.6 is 0 Å². The summed E-state index contributed by atoms with van der Waals surface area (Å²) in [4.78, 5) is 0. The molecule has 0 N–H and O–H groups in total. The van der Waals surface area contributed by atoms with E-state index in [1.807, 2.05) is 18.2 Å². The maximum atomic E-state index is 2.49. The second kappa shape index (κ2) is 2.18. The number of hydrogen-bond donors (Lipinski definition) is 0. The van der Waals surface area contributed by atoms with Gasteiger partial charge in [-0.15, -0.1) is 0 Å². The summed E-state index contributed by atoms with van der Waals surface area (Å²) < 4.78 is 1.26. The summed E-state index contributed by atoms with van der Waals surface area (Å²) >= 11 is 2.49. The molecule has 0 saturated heterocycles. The van der Waals surface area contributed by atoms with Crippen molar-refractivity contribution >= 4 is 21.2 Å². The van der Waals surface area contributed by atoms with E-state index in [1.54, 1.807) is 0 Å². The molecule has 0 atom stereocenters. The van der Waals surface area contributed by atoms with Gasteiger partial charge in [0.1, 0.15) is 0 Å². The van der Waals surface area contributed by atoms with Crippen LogP contribution in [0.3, 0.4) is 0 Å². The predicted molar refractivity (Wildman–Crippen MR) is 31.8 cm³/mol. The second-order valence-corrected chi connectivity index (χ2v) is 2.42. The third kappa shape index (κ3) is 1.36. The van der Waals surface area contributed by atoms with E-state index in [4.69, 9.17) is 0 Å². The molecular formula is C6H5As+. The number of benzene rings is 1. The third-order valence-electron chi connectivity index (χ3n) is 0.756. The van der Waals surface area contributed by atoms with Crippen molar-refractivity contribution < 1.29 is 0 Å². The van der Waals surface area contributed by atoms with Gasteiger partial charge < -0.3 is 0 Å². The van der Waals surface area contributed by atoms with Crippen LogP contribution in [-0.2, 0) is 0 Å². The summed E-state index contributed by atoms with van der Waals surface area (Å²) in [5, 5.41) is 0. The zero-order valence-electron chi connectivity index (χ0n) is 3.83. The molecule has 0 amide bonds. The summed E-state index contributed by atoms with van der Waals surface area (Å²) in [6, 6.07) is 10.2. The monoisotopic (exact) mass is 152 g/mol. The first-order valence-corrected chi connectivity index (χ1v) is 3.07.